The number of ketones is 1. The summed E-state index contributed by atoms with van der Waals surface area (Å²) in [6.45, 7) is 0. The Kier molecular flexibility index (Phi) is 3.56. The molecule has 5 unspecified atom stereocenters. The molecule has 4 saturated carbocycles. The highest BCUT2D eigenvalue weighted by atomic mass is 32.2. The molecular weight excluding hydrogens is 322 g/mol. The van der Waals surface area contributed by atoms with Crippen molar-refractivity contribution in [2.45, 2.75) is 43.5 Å². The molecule has 6 nitrogen and oxygen atoms in total. The lowest BCUT2D eigenvalue weighted by atomic mass is 9.66. The molecule has 4 aliphatic rings. The molecule has 4 fully saturated rings. The van der Waals surface area contributed by atoms with Crippen molar-refractivity contribution in [1.29, 1.82) is 0 Å². The molecule has 22 heavy (non-hydrogen) atoms. The highest BCUT2D eigenvalue weighted by Gasteiger charge is 2.57. The van der Waals surface area contributed by atoms with Crippen molar-refractivity contribution in [3.63, 3.8) is 0 Å². The van der Waals surface area contributed by atoms with Gasteiger partial charge in [0.1, 0.15) is 11.9 Å². The zero-order valence-corrected chi connectivity index (χ0v) is 12.4. The second-order valence-electron chi connectivity index (χ2n) is 6.56. The van der Waals surface area contributed by atoms with Gasteiger partial charge in [0.05, 0.1) is 0 Å². The lowest BCUT2D eigenvalue weighted by molar-refractivity contribution is -0.177. The lowest BCUT2D eigenvalue weighted by Crippen LogP contribution is -2.47. The fraction of sp³-hybridized carbons (Fsp3) is 0.846. The van der Waals surface area contributed by atoms with Crippen LogP contribution in [0.2, 0.25) is 0 Å². The van der Waals surface area contributed by atoms with Gasteiger partial charge in [-0.15, -0.1) is 0 Å². The van der Waals surface area contributed by atoms with Gasteiger partial charge in [0.15, 0.2) is 0 Å². The molecular formula is C13H16F2O6S. The maximum absolute atomic E-state index is 13.3. The molecule has 0 heterocycles. The van der Waals surface area contributed by atoms with Crippen molar-refractivity contribution in [1.82, 2.24) is 0 Å². The second-order valence-corrected chi connectivity index (χ2v) is 8.02. The molecule has 0 aliphatic heterocycles. The van der Waals surface area contributed by atoms with Crippen molar-refractivity contribution in [2.24, 2.45) is 23.7 Å². The monoisotopic (exact) mass is 338 g/mol. The first kappa shape index (κ1) is 15.8. The van der Waals surface area contributed by atoms with Crippen LogP contribution < -0.4 is 0 Å². The average molecular weight is 338 g/mol. The molecule has 0 radical (unpaired) electrons. The predicted octanol–water partition coefficient (Wildman–Crippen LogP) is 1.40. The van der Waals surface area contributed by atoms with E-state index in [1.807, 2.05) is 0 Å². The van der Waals surface area contributed by atoms with Gasteiger partial charge < -0.3 is 4.74 Å². The Morgan fingerprint density at radius 3 is 2.45 bits per heavy atom. The highest BCUT2D eigenvalue weighted by molar-refractivity contribution is 7.87. The topological polar surface area (TPSA) is 97.7 Å². The van der Waals surface area contributed by atoms with Gasteiger partial charge in [-0.25, -0.2) is 4.79 Å². The summed E-state index contributed by atoms with van der Waals surface area (Å²) in [5, 5.41) is -4.99. The van der Waals surface area contributed by atoms with E-state index in [0.717, 1.165) is 6.42 Å². The first-order valence-corrected chi connectivity index (χ1v) is 8.62. The minimum absolute atomic E-state index is 0.0669. The van der Waals surface area contributed by atoms with Gasteiger partial charge in [-0.1, -0.05) is 0 Å². The van der Waals surface area contributed by atoms with Crippen LogP contribution in [0.15, 0.2) is 0 Å². The molecule has 0 saturated heterocycles. The Morgan fingerprint density at radius 2 is 1.82 bits per heavy atom. The van der Waals surface area contributed by atoms with Crippen LogP contribution in [-0.2, 0) is 24.4 Å². The summed E-state index contributed by atoms with van der Waals surface area (Å²) >= 11 is 0. The number of carbonyl (C=O) groups excluding carboxylic acids is 2. The molecule has 1 N–H and O–H groups in total. The summed E-state index contributed by atoms with van der Waals surface area (Å²) in [5.74, 6) is -2.52. The third-order valence-corrected chi connectivity index (χ3v) is 5.94. The summed E-state index contributed by atoms with van der Waals surface area (Å²) in [6.07, 6.45) is 1.89. The Labute approximate surface area is 125 Å². The van der Waals surface area contributed by atoms with E-state index in [1.54, 1.807) is 0 Å². The summed E-state index contributed by atoms with van der Waals surface area (Å²) in [5.41, 5.74) is 0. The molecule has 0 aromatic heterocycles. The van der Waals surface area contributed by atoms with Gasteiger partial charge in [-0.3, -0.25) is 9.35 Å². The number of rotatable bonds is 3. The van der Waals surface area contributed by atoms with Gasteiger partial charge >= 0.3 is 21.3 Å². The number of hydrogen-bond acceptors (Lipinski definition) is 5. The molecule has 0 aromatic carbocycles. The van der Waals surface area contributed by atoms with E-state index < -0.39 is 27.4 Å². The van der Waals surface area contributed by atoms with Crippen LogP contribution in [0.25, 0.3) is 0 Å². The zero-order chi connectivity index (χ0) is 16.3. The summed E-state index contributed by atoms with van der Waals surface area (Å²) < 4.78 is 61.1. The van der Waals surface area contributed by atoms with Crippen LogP contribution in [0.3, 0.4) is 0 Å². The largest absolute Gasteiger partial charge is 0.465 e. The summed E-state index contributed by atoms with van der Waals surface area (Å²) in [7, 11) is -5.87. The van der Waals surface area contributed by atoms with Crippen molar-refractivity contribution in [2.75, 3.05) is 0 Å². The van der Waals surface area contributed by atoms with E-state index >= 15 is 0 Å². The fourth-order valence-electron chi connectivity index (χ4n) is 4.27. The Morgan fingerprint density at radius 1 is 1.18 bits per heavy atom. The number of ether oxygens (including phenoxy) is 1. The molecule has 0 amide bonds. The third-order valence-electron chi connectivity index (χ3n) is 5.13. The normalized spacial score (nSPS) is 38.0. The highest BCUT2D eigenvalue weighted by Crippen LogP contribution is 2.51. The van der Waals surface area contributed by atoms with E-state index in [0.29, 0.717) is 25.2 Å². The smallest absolute Gasteiger partial charge is 0.456 e. The number of Topliss-reactive ketones (excluding diaryl/α,β-unsaturated/α-hetero) is 1. The number of hydrogen-bond donors (Lipinski definition) is 1. The molecule has 4 bridgehead atoms. The molecule has 5 atom stereocenters. The number of fused-ring (bicyclic) bond motifs is 1. The number of esters is 1. The van der Waals surface area contributed by atoms with E-state index in [1.165, 1.54) is 0 Å². The molecule has 4 aliphatic carbocycles. The van der Waals surface area contributed by atoms with Crippen LogP contribution in [0, 0.1) is 23.7 Å². The molecule has 0 spiro atoms. The summed E-state index contributed by atoms with van der Waals surface area (Å²) in [4.78, 5) is 23.5. The van der Waals surface area contributed by atoms with Gasteiger partial charge in [0.25, 0.3) is 0 Å². The summed E-state index contributed by atoms with van der Waals surface area (Å²) in [6, 6.07) is 0. The third kappa shape index (κ3) is 2.44. The van der Waals surface area contributed by atoms with Gasteiger partial charge in [0.2, 0.25) is 0 Å². The van der Waals surface area contributed by atoms with Crippen molar-refractivity contribution in [3.05, 3.63) is 0 Å². The maximum Gasteiger partial charge on any atom is 0.465 e. The SMILES string of the molecule is O=C1CC2CC3CC1CC(C3)C2OC(=O)C(F)(F)S(=O)(=O)O. The van der Waals surface area contributed by atoms with Crippen molar-refractivity contribution >= 4 is 21.9 Å². The predicted molar refractivity (Wildman–Crippen MR) is 68.4 cm³/mol. The Hall–Kier alpha value is -1.09. The van der Waals surface area contributed by atoms with Crippen LogP contribution in [0.5, 0.6) is 0 Å². The van der Waals surface area contributed by atoms with Crippen molar-refractivity contribution in [3.8, 4) is 0 Å². The average Bonchev–Trinajstić information content (AvgIpc) is 2.55. The fourth-order valence-corrected chi connectivity index (χ4v) is 4.53. The second kappa shape index (κ2) is 4.95. The van der Waals surface area contributed by atoms with Crippen LogP contribution >= 0.6 is 0 Å². The quantitative estimate of drug-likeness (QED) is 0.617. The van der Waals surface area contributed by atoms with E-state index in [-0.39, 0.29) is 30.0 Å². The first-order valence-electron chi connectivity index (χ1n) is 7.18. The van der Waals surface area contributed by atoms with E-state index in [2.05, 4.69) is 0 Å². The Balaban J connectivity index is 1.81. The molecule has 0 aromatic rings. The number of halogens is 2. The van der Waals surface area contributed by atoms with Gasteiger partial charge in [0, 0.05) is 18.3 Å². The van der Waals surface area contributed by atoms with Crippen molar-refractivity contribution < 1.29 is 36.1 Å². The lowest BCUT2D eigenvalue weighted by Gasteiger charge is -2.43. The first-order chi connectivity index (χ1) is 10.1. The molecule has 9 heteroatoms. The minimum Gasteiger partial charge on any atom is -0.456 e. The van der Waals surface area contributed by atoms with Crippen LogP contribution in [-0.4, -0.2) is 36.1 Å². The molecule has 4 rings (SSSR count). The number of carbonyl (C=O) groups is 2. The maximum atomic E-state index is 13.3. The minimum atomic E-state index is -5.87. The van der Waals surface area contributed by atoms with Gasteiger partial charge in [-0.2, -0.15) is 17.2 Å². The standard InChI is InChI=1S/C13H16F2O6S/c14-13(15,22(18,19)20)12(17)21-11-8-2-6-1-7(4-8)10(16)5-9(11)3-6/h6-9,11H,1-5H2,(H,18,19,20). The van der Waals surface area contributed by atoms with E-state index in [9.17, 15) is 26.8 Å². The Bertz CT molecular complexity index is 616. The van der Waals surface area contributed by atoms with Gasteiger partial charge in [-0.05, 0) is 37.5 Å². The van der Waals surface area contributed by atoms with E-state index in [4.69, 9.17) is 9.29 Å². The number of alkyl halides is 2. The zero-order valence-electron chi connectivity index (χ0n) is 11.6. The van der Waals surface area contributed by atoms with Crippen LogP contribution in [0.4, 0.5) is 8.78 Å². The van der Waals surface area contributed by atoms with Crippen LogP contribution in [0.1, 0.15) is 32.1 Å². The molecule has 124 valence electrons.